The maximum atomic E-state index is 13.0. The number of hydrogen-bond acceptors (Lipinski definition) is 1. The zero-order chi connectivity index (χ0) is 11.3. The van der Waals surface area contributed by atoms with E-state index < -0.39 is 0 Å². The Bertz CT molecular complexity index is 361. The first kappa shape index (κ1) is 11.5. The first-order valence-corrected chi connectivity index (χ1v) is 4.80. The number of nitrogens with zero attached hydrogens (tertiary/aromatic N) is 1. The maximum absolute atomic E-state index is 13.0. The van der Waals surface area contributed by atoms with Crippen LogP contribution in [0.2, 0.25) is 0 Å². The molecule has 1 aromatic rings. The van der Waals surface area contributed by atoms with Crippen LogP contribution in [0.4, 0.5) is 4.39 Å². The maximum Gasteiger partial charge on any atom is 0.190 e. The van der Waals surface area contributed by atoms with Gasteiger partial charge < -0.3 is 10.6 Å². The van der Waals surface area contributed by atoms with E-state index in [2.05, 4.69) is 15.6 Å². The molecule has 2 N–H and O–H groups in total. The highest BCUT2D eigenvalue weighted by molar-refractivity contribution is 5.79. The molecule has 0 aliphatic heterocycles. The molecule has 0 amide bonds. The standard InChI is InChI=1S/C11H16FN3/c1-8-6-9(4-5-10(8)12)7-15-11(13-2)14-3/h4-6H,7H2,1-3H3,(H2,13,14,15). The predicted molar refractivity (Wildman–Crippen MR) is 60.4 cm³/mol. The molecule has 1 rings (SSSR count). The molecule has 0 bridgehead atoms. The van der Waals surface area contributed by atoms with Gasteiger partial charge in [0.2, 0.25) is 0 Å². The highest BCUT2D eigenvalue weighted by atomic mass is 19.1. The smallest absolute Gasteiger partial charge is 0.190 e. The molecular weight excluding hydrogens is 193 g/mol. The molecule has 0 radical (unpaired) electrons. The van der Waals surface area contributed by atoms with Crippen molar-refractivity contribution in [1.82, 2.24) is 10.6 Å². The van der Waals surface area contributed by atoms with E-state index in [1.807, 2.05) is 6.07 Å². The second-order valence-electron chi connectivity index (χ2n) is 3.26. The number of hydrogen-bond donors (Lipinski definition) is 2. The van der Waals surface area contributed by atoms with E-state index in [1.165, 1.54) is 6.07 Å². The Labute approximate surface area is 89.4 Å². The van der Waals surface area contributed by atoms with Crippen molar-refractivity contribution < 1.29 is 4.39 Å². The summed E-state index contributed by atoms with van der Waals surface area (Å²) in [5.74, 6) is 0.550. The molecule has 0 fully saturated rings. The van der Waals surface area contributed by atoms with Crippen LogP contribution < -0.4 is 10.6 Å². The second-order valence-corrected chi connectivity index (χ2v) is 3.26. The van der Waals surface area contributed by atoms with Crippen LogP contribution in [0.3, 0.4) is 0 Å². The first-order valence-electron chi connectivity index (χ1n) is 4.80. The molecule has 0 aliphatic rings. The Hall–Kier alpha value is -1.58. The molecule has 0 unspecified atom stereocenters. The molecule has 15 heavy (non-hydrogen) atoms. The summed E-state index contributed by atoms with van der Waals surface area (Å²) in [6, 6.07) is 5.07. The Morgan fingerprint density at radius 3 is 2.73 bits per heavy atom. The normalized spacial score (nSPS) is 11.3. The van der Waals surface area contributed by atoms with Crippen molar-refractivity contribution in [3.8, 4) is 0 Å². The lowest BCUT2D eigenvalue weighted by molar-refractivity contribution is 0.617. The third-order valence-electron chi connectivity index (χ3n) is 2.14. The largest absolute Gasteiger partial charge is 0.359 e. The van der Waals surface area contributed by atoms with Gasteiger partial charge in [0.1, 0.15) is 5.82 Å². The average molecular weight is 209 g/mol. The molecule has 82 valence electrons. The fourth-order valence-electron chi connectivity index (χ4n) is 1.28. The molecule has 0 aliphatic carbocycles. The highest BCUT2D eigenvalue weighted by Gasteiger charge is 1.99. The van der Waals surface area contributed by atoms with Crippen LogP contribution in [-0.2, 0) is 6.54 Å². The van der Waals surface area contributed by atoms with Crippen molar-refractivity contribution >= 4 is 5.96 Å². The number of nitrogens with one attached hydrogen (secondary N) is 2. The van der Waals surface area contributed by atoms with Gasteiger partial charge in [0.25, 0.3) is 0 Å². The topological polar surface area (TPSA) is 36.4 Å². The van der Waals surface area contributed by atoms with Crippen LogP contribution in [0.1, 0.15) is 11.1 Å². The van der Waals surface area contributed by atoms with E-state index in [0.717, 1.165) is 11.5 Å². The third-order valence-corrected chi connectivity index (χ3v) is 2.14. The van der Waals surface area contributed by atoms with Crippen LogP contribution in [0.5, 0.6) is 0 Å². The van der Waals surface area contributed by atoms with Crippen LogP contribution >= 0.6 is 0 Å². The summed E-state index contributed by atoms with van der Waals surface area (Å²) in [7, 11) is 3.50. The molecule has 0 atom stereocenters. The van der Waals surface area contributed by atoms with Crippen LogP contribution in [0, 0.1) is 12.7 Å². The number of rotatable bonds is 2. The summed E-state index contributed by atoms with van der Waals surface area (Å²) in [6.07, 6.45) is 0. The fraction of sp³-hybridized carbons (Fsp3) is 0.364. The Kier molecular flexibility index (Phi) is 4.09. The Morgan fingerprint density at radius 2 is 2.20 bits per heavy atom. The van der Waals surface area contributed by atoms with Gasteiger partial charge in [-0.15, -0.1) is 0 Å². The number of aliphatic imine (C=N–C) groups is 1. The summed E-state index contributed by atoms with van der Waals surface area (Å²) in [5.41, 5.74) is 1.69. The number of aryl methyl sites for hydroxylation is 1. The molecule has 3 nitrogen and oxygen atoms in total. The van der Waals surface area contributed by atoms with Crippen molar-refractivity contribution in [1.29, 1.82) is 0 Å². The summed E-state index contributed by atoms with van der Waals surface area (Å²) in [4.78, 5) is 3.98. The molecule has 0 saturated carbocycles. The lowest BCUT2D eigenvalue weighted by Gasteiger charge is -2.09. The average Bonchev–Trinajstić information content (AvgIpc) is 2.24. The first-order chi connectivity index (χ1) is 7.17. The van der Waals surface area contributed by atoms with Gasteiger partial charge in [-0.25, -0.2) is 4.39 Å². The second kappa shape index (κ2) is 5.34. The van der Waals surface area contributed by atoms with E-state index in [9.17, 15) is 4.39 Å². The summed E-state index contributed by atoms with van der Waals surface area (Å²) in [5, 5.41) is 6.01. The van der Waals surface area contributed by atoms with Gasteiger partial charge in [0.15, 0.2) is 5.96 Å². The lowest BCUT2D eigenvalue weighted by atomic mass is 10.1. The van der Waals surface area contributed by atoms with Crippen LogP contribution in [0.25, 0.3) is 0 Å². The lowest BCUT2D eigenvalue weighted by Crippen LogP contribution is -2.34. The molecule has 0 heterocycles. The third kappa shape index (κ3) is 3.23. The zero-order valence-corrected chi connectivity index (χ0v) is 9.26. The van der Waals surface area contributed by atoms with Crippen molar-refractivity contribution in [2.24, 2.45) is 4.99 Å². The quantitative estimate of drug-likeness (QED) is 0.571. The molecule has 1 aromatic carbocycles. The monoisotopic (exact) mass is 209 g/mol. The van der Waals surface area contributed by atoms with E-state index in [1.54, 1.807) is 27.1 Å². The van der Waals surface area contributed by atoms with E-state index in [4.69, 9.17) is 0 Å². The minimum absolute atomic E-state index is 0.170. The number of halogens is 1. The molecule has 0 saturated heterocycles. The van der Waals surface area contributed by atoms with E-state index in [-0.39, 0.29) is 5.82 Å². The van der Waals surface area contributed by atoms with Crippen molar-refractivity contribution in [2.45, 2.75) is 13.5 Å². The number of benzene rings is 1. The van der Waals surface area contributed by atoms with Gasteiger partial charge in [-0.1, -0.05) is 12.1 Å². The van der Waals surface area contributed by atoms with Crippen molar-refractivity contribution in [2.75, 3.05) is 14.1 Å². The van der Waals surface area contributed by atoms with E-state index in [0.29, 0.717) is 12.1 Å². The van der Waals surface area contributed by atoms with Gasteiger partial charge in [-0.2, -0.15) is 0 Å². The van der Waals surface area contributed by atoms with Gasteiger partial charge in [-0.3, -0.25) is 4.99 Å². The van der Waals surface area contributed by atoms with Crippen molar-refractivity contribution in [3.63, 3.8) is 0 Å². The van der Waals surface area contributed by atoms with E-state index >= 15 is 0 Å². The van der Waals surface area contributed by atoms with Gasteiger partial charge in [-0.05, 0) is 24.1 Å². The predicted octanol–water partition coefficient (Wildman–Crippen LogP) is 1.43. The summed E-state index contributed by atoms with van der Waals surface area (Å²) in [6.45, 7) is 2.39. The molecular formula is C11H16FN3. The molecule has 0 aromatic heterocycles. The Morgan fingerprint density at radius 1 is 1.47 bits per heavy atom. The minimum atomic E-state index is -0.170. The van der Waals surface area contributed by atoms with Crippen LogP contribution in [-0.4, -0.2) is 20.1 Å². The zero-order valence-electron chi connectivity index (χ0n) is 9.26. The van der Waals surface area contributed by atoms with Gasteiger partial charge in [0.05, 0.1) is 0 Å². The van der Waals surface area contributed by atoms with Crippen molar-refractivity contribution in [3.05, 3.63) is 35.1 Å². The minimum Gasteiger partial charge on any atom is -0.359 e. The molecule has 0 spiro atoms. The van der Waals surface area contributed by atoms with Crippen LogP contribution in [0.15, 0.2) is 23.2 Å². The molecule has 4 heteroatoms. The fourth-order valence-corrected chi connectivity index (χ4v) is 1.28. The Balaban J connectivity index is 2.62. The van der Waals surface area contributed by atoms with Gasteiger partial charge in [0, 0.05) is 20.6 Å². The highest BCUT2D eigenvalue weighted by Crippen LogP contribution is 2.08. The van der Waals surface area contributed by atoms with Gasteiger partial charge >= 0.3 is 0 Å². The SMILES string of the molecule is CN=C(NC)NCc1ccc(F)c(C)c1. The summed E-state index contributed by atoms with van der Waals surface area (Å²) < 4.78 is 13.0. The number of guanidine groups is 1. The summed E-state index contributed by atoms with van der Waals surface area (Å²) >= 11 is 0.